The van der Waals surface area contributed by atoms with Crippen molar-refractivity contribution in [3.05, 3.63) is 29.8 Å². The van der Waals surface area contributed by atoms with Gasteiger partial charge in [-0.05, 0) is 30.7 Å². The second kappa shape index (κ2) is 8.52. The number of benzene rings is 1. The summed E-state index contributed by atoms with van der Waals surface area (Å²) in [6.07, 6.45) is 0.822. The minimum Gasteiger partial charge on any atom is -0.355 e. The molecule has 0 heterocycles. The normalized spacial score (nSPS) is 10.4. The molecule has 0 aliphatic heterocycles. The highest BCUT2D eigenvalue weighted by Crippen LogP contribution is 2.24. The van der Waals surface area contributed by atoms with Crippen molar-refractivity contribution in [3.8, 4) is 0 Å². The van der Waals surface area contributed by atoms with Crippen LogP contribution < -0.4 is 10.6 Å². The Morgan fingerprint density at radius 2 is 1.85 bits per heavy atom. The van der Waals surface area contributed by atoms with E-state index in [-0.39, 0.29) is 12.5 Å². The van der Waals surface area contributed by atoms with Crippen molar-refractivity contribution >= 4 is 23.6 Å². The molecule has 7 heteroatoms. The summed E-state index contributed by atoms with van der Waals surface area (Å²) in [5.41, 5.74) is 0.326. The van der Waals surface area contributed by atoms with Crippen LogP contribution in [0.3, 0.4) is 0 Å². The van der Waals surface area contributed by atoms with Crippen molar-refractivity contribution in [3.63, 3.8) is 0 Å². The maximum absolute atomic E-state index is 12.1. The molecule has 0 fully saturated rings. The van der Waals surface area contributed by atoms with Crippen LogP contribution in [0.1, 0.15) is 23.7 Å². The van der Waals surface area contributed by atoms with Crippen LogP contribution in [0.25, 0.3) is 0 Å². The first kappa shape index (κ1) is 16.4. The first-order valence-corrected chi connectivity index (χ1v) is 7.00. The smallest absolute Gasteiger partial charge is 0.288 e. The van der Waals surface area contributed by atoms with E-state index >= 15 is 0 Å². The van der Waals surface area contributed by atoms with E-state index < -0.39 is 11.7 Å². The summed E-state index contributed by atoms with van der Waals surface area (Å²) >= 11 is 0.417. The number of hydrogen-bond acceptors (Lipinski definition) is 3. The zero-order chi connectivity index (χ0) is 15.0. The highest BCUT2D eigenvalue weighted by molar-refractivity contribution is 7.99. The highest BCUT2D eigenvalue weighted by Gasteiger charge is 2.09. The van der Waals surface area contributed by atoms with Gasteiger partial charge in [0.25, 0.3) is 11.7 Å². The maximum atomic E-state index is 12.1. The van der Waals surface area contributed by atoms with Crippen LogP contribution in [-0.4, -0.2) is 30.7 Å². The number of hydrogen-bond donors (Lipinski definition) is 2. The Balaban J connectivity index is 2.45. The second-order valence-corrected chi connectivity index (χ2v) is 5.00. The first-order chi connectivity index (χ1) is 9.52. The number of nitrogens with one attached hydrogen (secondary N) is 2. The second-order valence-electron chi connectivity index (χ2n) is 3.94. The molecule has 20 heavy (non-hydrogen) atoms. The Morgan fingerprint density at radius 3 is 2.40 bits per heavy atom. The predicted octanol–water partition coefficient (Wildman–Crippen LogP) is 2.26. The van der Waals surface area contributed by atoms with E-state index in [1.54, 1.807) is 0 Å². The molecule has 2 N–H and O–H groups in total. The van der Waals surface area contributed by atoms with Gasteiger partial charge in [-0.2, -0.15) is 8.78 Å². The molecule has 0 aromatic heterocycles. The lowest BCUT2D eigenvalue weighted by Crippen LogP contribution is -2.37. The Kier molecular flexibility index (Phi) is 7.00. The van der Waals surface area contributed by atoms with E-state index in [1.807, 2.05) is 6.92 Å². The lowest BCUT2D eigenvalue weighted by atomic mass is 10.2. The van der Waals surface area contributed by atoms with E-state index in [1.165, 1.54) is 24.3 Å². The molecule has 0 atom stereocenters. The standard InChI is InChI=1S/C13H16F2N2O2S/c1-2-7-16-11(18)8-17-12(19)9-3-5-10(6-4-9)20-13(14)15/h3-6,13H,2,7-8H2,1H3,(H,16,18)(H,17,19). The van der Waals surface area contributed by atoms with Crippen molar-refractivity contribution in [2.75, 3.05) is 13.1 Å². The van der Waals surface area contributed by atoms with Gasteiger partial charge in [0.1, 0.15) is 0 Å². The fourth-order valence-electron chi connectivity index (χ4n) is 1.38. The van der Waals surface area contributed by atoms with Crippen LogP contribution in [0.5, 0.6) is 0 Å². The molecule has 1 aromatic rings. The van der Waals surface area contributed by atoms with Gasteiger partial charge in [0.05, 0.1) is 6.54 Å². The molecule has 0 saturated carbocycles. The fraction of sp³-hybridized carbons (Fsp3) is 0.385. The monoisotopic (exact) mass is 302 g/mol. The van der Waals surface area contributed by atoms with Crippen LogP contribution in [0.2, 0.25) is 0 Å². The van der Waals surface area contributed by atoms with E-state index in [0.29, 0.717) is 28.8 Å². The molecule has 1 rings (SSSR count). The van der Waals surface area contributed by atoms with Gasteiger partial charge in [-0.3, -0.25) is 9.59 Å². The largest absolute Gasteiger partial charge is 0.355 e. The van der Waals surface area contributed by atoms with Gasteiger partial charge in [0, 0.05) is 17.0 Å². The van der Waals surface area contributed by atoms with Crippen LogP contribution in [0.4, 0.5) is 8.78 Å². The molecule has 1 aromatic carbocycles. The third-order valence-corrected chi connectivity index (χ3v) is 3.05. The fourth-order valence-corrected chi connectivity index (χ4v) is 1.88. The average Bonchev–Trinajstić information content (AvgIpc) is 2.42. The molecule has 0 saturated heterocycles. The Labute approximate surface area is 120 Å². The summed E-state index contributed by atoms with van der Waals surface area (Å²) in [5, 5.41) is 5.09. The van der Waals surface area contributed by atoms with Crippen molar-refractivity contribution in [2.45, 2.75) is 24.0 Å². The molecule has 0 unspecified atom stereocenters. The summed E-state index contributed by atoms with van der Waals surface area (Å²) in [5.74, 6) is -3.16. The molecule has 0 radical (unpaired) electrons. The van der Waals surface area contributed by atoms with Gasteiger partial charge in [-0.15, -0.1) is 0 Å². The molecular weight excluding hydrogens is 286 g/mol. The minimum absolute atomic E-state index is 0.105. The van der Waals surface area contributed by atoms with Crippen molar-refractivity contribution in [2.24, 2.45) is 0 Å². The number of rotatable bonds is 7. The van der Waals surface area contributed by atoms with E-state index in [2.05, 4.69) is 10.6 Å². The highest BCUT2D eigenvalue weighted by atomic mass is 32.2. The number of carbonyl (C=O) groups is 2. The van der Waals surface area contributed by atoms with Crippen LogP contribution >= 0.6 is 11.8 Å². The van der Waals surface area contributed by atoms with E-state index in [4.69, 9.17) is 0 Å². The van der Waals surface area contributed by atoms with E-state index in [9.17, 15) is 18.4 Å². The summed E-state index contributed by atoms with van der Waals surface area (Å²) in [7, 11) is 0. The number of alkyl halides is 2. The van der Waals surface area contributed by atoms with Gasteiger partial charge in [-0.1, -0.05) is 18.7 Å². The number of amides is 2. The molecule has 0 aliphatic rings. The molecule has 4 nitrogen and oxygen atoms in total. The molecule has 110 valence electrons. The minimum atomic E-state index is -2.49. The van der Waals surface area contributed by atoms with Crippen LogP contribution in [0, 0.1) is 0 Å². The maximum Gasteiger partial charge on any atom is 0.288 e. The lowest BCUT2D eigenvalue weighted by molar-refractivity contribution is -0.120. The third-order valence-electron chi connectivity index (χ3n) is 2.32. The first-order valence-electron chi connectivity index (χ1n) is 6.12. The molecule has 2 amide bonds. The number of thioether (sulfide) groups is 1. The molecule has 0 bridgehead atoms. The van der Waals surface area contributed by atoms with Gasteiger partial charge in [-0.25, -0.2) is 0 Å². The average molecular weight is 302 g/mol. The Hall–Kier alpha value is -1.63. The molecular formula is C13H16F2N2O2S. The van der Waals surface area contributed by atoms with Crippen LogP contribution in [0.15, 0.2) is 29.2 Å². The van der Waals surface area contributed by atoms with Crippen molar-refractivity contribution < 1.29 is 18.4 Å². The Bertz CT molecular complexity index is 452. The predicted molar refractivity (Wildman–Crippen MR) is 73.9 cm³/mol. The topological polar surface area (TPSA) is 58.2 Å². The van der Waals surface area contributed by atoms with Gasteiger partial charge in [0.2, 0.25) is 5.91 Å². The number of halogens is 2. The Morgan fingerprint density at radius 1 is 1.20 bits per heavy atom. The lowest BCUT2D eigenvalue weighted by Gasteiger charge is -2.06. The quantitative estimate of drug-likeness (QED) is 0.760. The summed E-state index contributed by atoms with van der Waals surface area (Å²) in [6.45, 7) is 2.39. The van der Waals surface area contributed by atoms with Crippen molar-refractivity contribution in [1.29, 1.82) is 0 Å². The van der Waals surface area contributed by atoms with E-state index in [0.717, 1.165) is 6.42 Å². The number of carbonyl (C=O) groups excluding carboxylic acids is 2. The zero-order valence-corrected chi connectivity index (χ0v) is 11.8. The summed E-state index contributed by atoms with van der Waals surface area (Å²) < 4.78 is 24.3. The summed E-state index contributed by atoms with van der Waals surface area (Å²) in [6, 6.07) is 5.79. The molecule has 0 aliphatic carbocycles. The SMILES string of the molecule is CCCNC(=O)CNC(=O)c1ccc(SC(F)F)cc1. The van der Waals surface area contributed by atoms with Crippen molar-refractivity contribution in [1.82, 2.24) is 10.6 Å². The summed E-state index contributed by atoms with van der Waals surface area (Å²) in [4.78, 5) is 23.4. The van der Waals surface area contributed by atoms with Gasteiger partial charge >= 0.3 is 0 Å². The zero-order valence-electron chi connectivity index (χ0n) is 11.0. The van der Waals surface area contributed by atoms with Crippen LogP contribution in [-0.2, 0) is 4.79 Å². The third kappa shape index (κ3) is 6.01. The van der Waals surface area contributed by atoms with Gasteiger partial charge in [0.15, 0.2) is 0 Å². The molecule has 0 spiro atoms. The van der Waals surface area contributed by atoms with Gasteiger partial charge < -0.3 is 10.6 Å².